The monoisotopic (exact) mass is 261 g/mol. The normalized spacial score (nSPS) is 10.8. The molecule has 2 rings (SSSR count). The summed E-state index contributed by atoms with van der Waals surface area (Å²) >= 11 is 1.83. The Bertz CT molecular complexity index is 522. The third-order valence-corrected chi connectivity index (χ3v) is 3.98. The van der Waals surface area contributed by atoms with Crippen LogP contribution in [0.3, 0.4) is 0 Å². The molecule has 0 fully saturated rings. The average molecular weight is 261 g/mol. The van der Waals surface area contributed by atoms with Gasteiger partial charge in [-0.1, -0.05) is 12.1 Å². The molecule has 0 amide bonds. The fourth-order valence-electron chi connectivity index (χ4n) is 2.06. The molecule has 0 unspecified atom stereocenters. The van der Waals surface area contributed by atoms with Crippen LogP contribution in [0.2, 0.25) is 0 Å². The maximum absolute atomic E-state index is 9.72. The molecule has 1 aromatic heterocycles. The predicted octanol–water partition coefficient (Wildman–Crippen LogP) is 3.67. The second-order valence-electron chi connectivity index (χ2n) is 4.69. The number of nitrogens with one attached hydrogen (secondary N) is 1. The van der Waals surface area contributed by atoms with Crippen LogP contribution in [0.4, 0.5) is 0 Å². The number of benzene rings is 1. The van der Waals surface area contributed by atoms with Crippen LogP contribution < -0.4 is 5.32 Å². The number of rotatable bonds is 4. The first-order valence-electron chi connectivity index (χ1n) is 6.11. The first kappa shape index (κ1) is 13.1. The van der Waals surface area contributed by atoms with Crippen LogP contribution in [0, 0.1) is 20.8 Å². The van der Waals surface area contributed by atoms with E-state index >= 15 is 0 Å². The lowest BCUT2D eigenvalue weighted by atomic mass is 10.1. The Kier molecular flexibility index (Phi) is 4.04. The van der Waals surface area contributed by atoms with E-state index in [1.807, 2.05) is 37.3 Å². The molecule has 0 saturated heterocycles. The van der Waals surface area contributed by atoms with Gasteiger partial charge in [0.1, 0.15) is 5.75 Å². The number of phenols is 1. The van der Waals surface area contributed by atoms with E-state index < -0.39 is 0 Å². The summed E-state index contributed by atoms with van der Waals surface area (Å²) in [6.45, 7) is 7.74. The molecule has 0 aliphatic carbocycles. The van der Waals surface area contributed by atoms with Gasteiger partial charge in [-0.25, -0.2) is 0 Å². The first-order valence-corrected chi connectivity index (χ1v) is 6.93. The van der Waals surface area contributed by atoms with Gasteiger partial charge in [0, 0.05) is 22.8 Å². The maximum Gasteiger partial charge on any atom is 0.121 e. The fraction of sp³-hybridized carbons (Fsp3) is 0.333. The van der Waals surface area contributed by atoms with E-state index in [1.165, 1.54) is 15.3 Å². The molecule has 1 aromatic carbocycles. The third-order valence-electron chi connectivity index (χ3n) is 2.98. The lowest BCUT2D eigenvalue weighted by molar-refractivity contribution is 0.466. The number of aromatic hydroxyl groups is 1. The minimum atomic E-state index is 0.410. The van der Waals surface area contributed by atoms with Crippen molar-refractivity contribution in [3.05, 3.63) is 50.7 Å². The summed E-state index contributed by atoms with van der Waals surface area (Å²) in [4.78, 5) is 2.71. The number of hydrogen-bond donors (Lipinski definition) is 2. The maximum atomic E-state index is 9.72. The van der Waals surface area contributed by atoms with Crippen molar-refractivity contribution < 1.29 is 5.11 Å². The van der Waals surface area contributed by atoms with Crippen LogP contribution in [0.25, 0.3) is 0 Å². The van der Waals surface area contributed by atoms with E-state index in [0.29, 0.717) is 5.75 Å². The van der Waals surface area contributed by atoms with E-state index in [9.17, 15) is 5.11 Å². The van der Waals surface area contributed by atoms with Gasteiger partial charge in [0.15, 0.2) is 0 Å². The molecule has 2 N–H and O–H groups in total. The summed E-state index contributed by atoms with van der Waals surface area (Å²) < 4.78 is 0. The van der Waals surface area contributed by atoms with Crippen LogP contribution in [0.1, 0.15) is 26.4 Å². The molecule has 0 spiro atoms. The van der Waals surface area contributed by atoms with Gasteiger partial charge in [-0.15, -0.1) is 11.3 Å². The van der Waals surface area contributed by atoms with Gasteiger partial charge in [-0.2, -0.15) is 0 Å². The van der Waals surface area contributed by atoms with Crippen LogP contribution in [-0.4, -0.2) is 5.11 Å². The summed E-state index contributed by atoms with van der Waals surface area (Å²) in [5.74, 6) is 0.410. The van der Waals surface area contributed by atoms with Crippen molar-refractivity contribution in [2.24, 2.45) is 0 Å². The van der Waals surface area contributed by atoms with Crippen LogP contribution >= 0.6 is 11.3 Å². The summed E-state index contributed by atoms with van der Waals surface area (Å²) in [6, 6.07) is 8.39. The SMILES string of the molecule is Cc1ccc(CNCc2cc(C)c(O)c(C)c2)s1. The fourth-order valence-corrected chi connectivity index (χ4v) is 2.92. The van der Waals surface area contributed by atoms with E-state index in [-0.39, 0.29) is 0 Å². The molecule has 0 bridgehead atoms. The molecule has 96 valence electrons. The summed E-state index contributed by atoms with van der Waals surface area (Å²) in [5.41, 5.74) is 3.11. The molecular formula is C15H19NOS. The Morgan fingerprint density at radius 1 is 1.06 bits per heavy atom. The van der Waals surface area contributed by atoms with Gasteiger partial charge < -0.3 is 10.4 Å². The van der Waals surface area contributed by atoms with Crippen LogP contribution in [0.15, 0.2) is 24.3 Å². The molecule has 0 aliphatic rings. The smallest absolute Gasteiger partial charge is 0.121 e. The van der Waals surface area contributed by atoms with Gasteiger partial charge in [-0.3, -0.25) is 0 Å². The molecule has 0 atom stereocenters. The number of hydrogen-bond acceptors (Lipinski definition) is 3. The van der Waals surface area contributed by atoms with Crippen molar-refractivity contribution in [3.63, 3.8) is 0 Å². The largest absolute Gasteiger partial charge is 0.507 e. The molecule has 18 heavy (non-hydrogen) atoms. The van der Waals surface area contributed by atoms with E-state index in [0.717, 1.165) is 24.2 Å². The van der Waals surface area contributed by atoms with Crippen molar-refractivity contribution >= 4 is 11.3 Å². The predicted molar refractivity (Wildman–Crippen MR) is 77.2 cm³/mol. The highest BCUT2D eigenvalue weighted by Gasteiger charge is 2.03. The van der Waals surface area contributed by atoms with Crippen molar-refractivity contribution in [1.29, 1.82) is 0 Å². The quantitative estimate of drug-likeness (QED) is 0.880. The first-order chi connectivity index (χ1) is 8.56. The van der Waals surface area contributed by atoms with Gasteiger partial charge in [-0.05, 0) is 49.6 Å². The molecule has 0 saturated carbocycles. The van der Waals surface area contributed by atoms with E-state index in [4.69, 9.17) is 0 Å². The Morgan fingerprint density at radius 3 is 2.28 bits per heavy atom. The molecule has 3 heteroatoms. The minimum Gasteiger partial charge on any atom is -0.507 e. The number of aryl methyl sites for hydroxylation is 3. The Balaban J connectivity index is 1.94. The highest BCUT2D eigenvalue weighted by atomic mass is 32.1. The molecule has 0 radical (unpaired) electrons. The highest BCUT2D eigenvalue weighted by Crippen LogP contribution is 2.23. The van der Waals surface area contributed by atoms with Crippen LogP contribution in [-0.2, 0) is 13.1 Å². The molecule has 2 aromatic rings. The molecule has 1 heterocycles. The molecule has 2 nitrogen and oxygen atoms in total. The zero-order valence-corrected chi connectivity index (χ0v) is 11.9. The second kappa shape index (κ2) is 5.55. The van der Waals surface area contributed by atoms with Gasteiger partial charge in [0.25, 0.3) is 0 Å². The van der Waals surface area contributed by atoms with Crippen molar-refractivity contribution in [1.82, 2.24) is 5.32 Å². The van der Waals surface area contributed by atoms with Crippen molar-refractivity contribution in [3.8, 4) is 5.75 Å². The van der Waals surface area contributed by atoms with Crippen molar-refractivity contribution in [2.75, 3.05) is 0 Å². The zero-order valence-electron chi connectivity index (χ0n) is 11.1. The molecular weight excluding hydrogens is 242 g/mol. The lowest BCUT2D eigenvalue weighted by Crippen LogP contribution is -2.12. The van der Waals surface area contributed by atoms with Gasteiger partial charge in [0.05, 0.1) is 0 Å². The number of thiophene rings is 1. The van der Waals surface area contributed by atoms with Crippen molar-refractivity contribution in [2.45, 2.75) is 33.9 Å². The topological polar surface area (TPSA) is 32.3 Å². The lowest BCUT2D eigenvalue weighted by Gasteiger charge is -2.08. The van der Waals surface area contributed by atoms with Gasteiger partial charge >= 0.3 is 0 Å². The van der Waals surface area contributed by atoms with Crippen LogP contribution in [0.5, 0.6) is 5.75 Å². The summed E-state index contributed by atoms with van der Waals surface area (Å²) in [5, 5.41) is 13.2. The Hall–Kier alpha value is -1.32. The third kappa shape index (κ3) is 3.12. The number of phenolic OH excluding ortho intramolecular Hbond substituents is 1. The summed E-state index contributed by atoms with van der Waals surface area (Å²) in [6.07, 6.45) is 0. The Morgan fingerprint density at radius 2 is 1.72 bits per heavy atom. The minimum absolute atomic E-state index is 0.410. The average Bonchev–Trinajstić information content (AvgIpc) is 2.72. The van der Waals surface area contributed by atoms with E-state index in [2.05, 4.69) is 24.4 Å². The summed E-state index contributed by atoms with van der Waals surface area (Å²) in [7, 11) is 0. The Labute approximate surface area is 112 Å². The molecule has 0 aliphatic heterocycles. The highest BCUT2D eigenvalue weighted by molar-refractivity contribution is 7.11. The van der Waals surface area contributed by atoms with Gasteiger partial charge in [0.2, 0.25) is 0 Å². The zero-order chi connectivity index (χ0) is 13.1. The standard InChI is InChI=1S/C15H19NOS/c1-10-6-13(7-11(2)15(10)17)8-16-9-14-5-4-12(3)18-14/h4-7,16-17H,8-9H2,1-3H3. The van der Waals surface area contributed by atoms with E-state index in [1.54, 1.807) is 0 Å². The second-order valence-corrected chi connectivity index (χ2v) is 6.07.